The van der Waals surface area contributed by atoms with Crippen LogP contribution in [0.15, 0.2) is 29.4 Å². The topological polar surface area (TPSA) is 29.4 Å². The fourth-order valence-corrected chi connectivity index (χ4v) is 0.679. The highest BCUT2D eigenvalue weighted by molar-refractivity contribution is 5.89. The fourth-order valence-electron chi connectivity index (χ4n) is 0.679. The van der Waals surface area contributed by atoms with Gasteiger partial charge in [0, 0.05) is 12.4 Å². The van der Waals surface area contributed by atoms with Gasteiger partial charge in [0.15, 0.2) is 0 Å². The molecule has 2 heteroatoms. The molecule has 0 saturated heterocycles. The molecule has 0 fully saturated rings. The van der Waals surface area contributed by atoms with Gasteiger partial charge in [-0.15, -0.1) is 0 Å². The Morgan fingerprint density at radius 3 is 3.00 bits per heavy atom. The average Bonchev–Trinajstić information content (AvgIpc) is 2.15. The van der Waals surface area contributed by atoms with Gasteiger partial charge in [-0.3, -0.25) is 4.99 Å². The number of hydrogen-bond donors (Lipinski definition) is 0. The van der Waals surface area contributed by atoms with E-state index in [1.54, 1.807) is 18.5 Å². The van der Waals surface area contributed by atoms with Crippen molar-refractivity contribution in [2.24, 2.45) is 10.4 Å². The van der Waals surface area contributed by atoms with E-state index >= 15 is 0 Å². The fraction of sp³-hybridized carbons (Fsp3) is 0.250. The van der Waals surface area contributed by atoms with Crippen molar-refractivity contribution in [3.05, 3.63) is 24.4 Å². The molecule has 0 bridgehead atoms. The summed E-state index contributed by atoms with van der Waals surface area (Å²) in [4.78, 5) is 14.4. The highest BCUT2D eigenvalue weighted by Crippen LogP contribution is 2.13. The maximum absolute atomic E-state index is 10.5. The second-order valence-electron chi connectivity index (χ2n) is 2.46. The standard InChI is InChI=1S/C8H9NO/c1-8(7-10)4-2-3-5-9-6-8/h2-7H,1H3. The SMILES string of the molecule is CC1(C=O)C=CC=CN=C1. The van der Waals surface area contributed by atoms with E-state index in [1.807, 2.05) is 19.1 Å². The smallest absolute Gasteiger partial charge is 0.135 e. The minimum Gasteiger partial charge on any atom is -0.302 e. The molecular weight excluding hydrogens is 126 g/mol. The summed E-state index contributed by atoms with van der Waals surface area (Å²) >= 11 is 0. The minimum atomic E-state index is -0.510. The van der Waals surface area contributed by atoms with Crippen LogP contribution in [0.4, 0.5) is 0 Å². The number of allylic oxidation sites excluding steroid dienone is 3. The summed E-state index contributed by atoms with van der Waals surface area (Å²) in [6, 6.07) is 0. The minimum absolute atomic E-state index is 0.510. The maximum Gasteiger partial charge on any atom is 0.135 e. The summed E-state index contributed by atoms with van der Waals surface area (Å²) in [6.45, 7) is 1.81. The van der Waals surface area contributed by atoms with Gasteiger partial charge >= 0.3 is 0 Å². The van der Waals surface area contributed by atoms with Crippen molar-refractivity contribution in [2.75, 3.05) is 0 Å². The zero-order chi connectivity index (χ0) is 7.45. The number of aliphatic imine (C=N–C) groups is 1. The molecule has 0 N–H and O–H groups in total. The lowest BCUT2D eigenvalue weighted by molar-refractivity contribution is -0.111. The van der Waals surface area contributed by atoms with Crippen molar-refractivity contribution in [1.29, 1.82) is 0 Å². The van der Waals surface area contributed by atoms with Crippen molar-refractivity contribution in [3.8, 4) is 0 Å². The van der Waals surface area contributed by atoms with E-state index in [4.69, 9.17) is 0 Å². The highest BCUT2D eigenvalue weighted by atomic mass is 16.1. The van der Waals surface area contributed by atoms with Crippen LogP contribution in [0.3, 0.4) is 0 Å². The van der Waals surface area contributed by atoms with Crippen LogP contribution < -0.4 is 0 Å². The van der Waals surface area contributed by atoms with E-state index in [-0.39, 0.29) is 0 Å². The number of aldehydes is 1. The maximum atomic E-state index is 10.5. The first-order valence-electron chi connectivity index (χ1n) is 3.12. The predicted molar refractivity (Wildman–Crippen MR) is 40.9 cm³/mol. The van der Waals surface area contributed by atoms with Gasteiger partial charge in [0.2, 0.25) is 0 Å². The monoisotopic (exact) mass is 135 g/mol. The second-order valence-corrected chi connectivity index (χ2v) is 2.46. The molecular formula is C8H9NO. The van der Waals surface area contributed by atoms with Gasteiger partial charge in [0.05, 0.1) is 5.41 Å². The number of hydrogen-bond acceptors (Lipinski definition) is 2. The summed E-state index contributed by atoms with van der Waals surface area (Å²) in [5.41, 5.74) is -0.510. The van der Waals surface area contributed by atoms with E-state index < -0.39 is 5.41 Å². The summed E-state index contributed by atoms with van der Waals surface area (Å²) in [7, 11) is 0. The molecule has 0 saturated carbocycles. The van der Waals surface area contributed by atoms with E-state index in [0.29, 0.717) is 0 Å². The molecule has 0 aromatic heterocycles. The third-order valence-electron chi connectivity index (χ3n) is 1.35. The normalized spacial score (nSPS) is 30.1. The Bertz CT molecular complexity index is 197. The van der Waals surface area contributed by atoms with E-state index in [2.05, 4.69) is 4.99 Å². The van der Waals surface area contributed by atoms with Crippen molar-refractivity contribution in [2.45, 2.75) is 6.92 Å². The highest BCUT2D eigenvalue weighted by Gasteiger charge is 2.16. The third-order valence-corrected chi connectivity index (χ3v) is 1.35. The van der Waals surface area contributed by atoms with Gasteiger partial charge in [-0.25, -0.2) is 0 Å². The van der Waals surface area contributed by atoms with Gasteiger partial charge in [-0.2, -0.15) is 0 Å². The predicted octanol–water partition coefficient (Wildman–Crippen LogP) is 1.35. The molecule has 1 rings (SSSR count). The zero-order valence-corrected chi connectivity index (χ0v) is 5.82. The molecule has 0 aliphatic carbocycles. The molecule has 1 unspecified atom stereocenters. The first-order valence-corrected chi connectivity index (χ1v) is 3.12. The summed E-state index contributed by atoms with van der Waals surface area (Å²) in [5, 5.41) is 0. The molecule has 2 nitrogen and oxygen atoms in total. The van der Waals surface area contributed by atoms with Crippen LogP contribution in [0.2, 0.25) is 0 Å². The van der Waals surface area contributed by atoms with E-state index in [9.17, 15) is 4.79 Å². The Morgan fingerprint density at radius 1 is 1.50 bits per heavy atom. The van der Waals surface area contributed by atoms with Gasteiger partial charge in [-0.1, -0.05) is 12.2 Å². The molecule has 1 atom stereocenters. The van der Waals surface area contributed by atoms with Crippen molar-refractivity contribution in [3.63, 3.8) is 0 Å². The summed E-state index contributed by atoms with van der Waals surface area (Å²) in [5.74, 6) is 0. The van der Waals surface area contributed by atoms with Crippen LogP contribution >= 0.6 is 0 Å². The Hall–Kier alpha value is -1.18. The van der Waals surface area contributed by atoms with Crippen molar-refractivity contribution >= 4 is 12.5 Å². The molecule has 1 heterocycles. The van der Waals surface area contributed by atoms with Gasteiger partial charge in [0.25, 0.3) is 0 Å². The largest absolute Gasteiger partial charge is 0.302 e. The van der Waals surface area contributed by atoms with E-state index in [0.717, 1.165) is 6.29 Å². The van der Waals surface area contributed by atoms with Crippen molar-refractivity contribution in [1.82, 2.24) is 0 Å². The van der Waals surface area contributed by atoms with Crippen LogP contribution in [-0.4, -0.2) is 12.5 Å². The number of rotatable bonds is 1. The summed E-state index contributed by atoms with van der Waals surface area (Å²) < 4.78 is 0. The summed E-state index contributed by atoms with van der Waals surface area (Å²) in [6.07, 6.45) is 9.59. The Balaban J connectivity index is 2.90. The lowest BCUT2D eigenvalue weighted by Crippen LogP contribution is -2.15. The number of carbonyl (C=O) groups excluding carboxylic acids is 1. The Labute approximate surface area is 60.0 Å². The second kappa shape index (κ2) is 2.60. The molecule has 0 radical (unpaired) electrons. The first-order chi connectivity index (χ1) is 4.77. The number of carbonyl (C=O) groups is 1. The molecule has 0 aromatic carbocycles. The lowest BCUT2D eigenvalue weighted by atomic mass is 9.94. The quantitative estimate of drug-likeness (QED) is 0.499. The van der Waals surface area contributed by atoms with Crippen LogP contribution in [0.1, 0.15) is 6.92 Å². The van der Waals surface area contributed by atoms with Crippen molar-refractivity contribution < 1.29 is 4.79 Å². The first kappa shape index (κ1) is 6.93. The van der Waals surface area contributed by atoms with Crippen LogP contribution in [-0.2, 0) is 4.79 Å². The molecule has 0 aromatic rings. The molecule has 0 amide bonds. The molecule has 1 aliphatic heterocycles. The van der Waals surface area contributed by atoms with Gasteiger partial charge in [-0.05, 0) is 13.0 Å². The molecule has 0 spiro atoms. The van der Waals surface area contributed by atoms with Crippen LogP contribution in [0.5, 0.6) is 0 Å². The molecule has 1 aliphatic rings. The Kier molecular flexibility index (Phi) is 1.81. The lowest BCUT2D eigenvalue weighted by Gasteiger charge is -2.08. The third kappa shape index (κ3) is 1.41. The van der Waals surface area contributed by atoms with Gasteiger partial charge < -0.3 is 4.79 Å². The number of nitrogens with zero attached hydrogens (tertiary/aromatic N) is 1. The zero-order valence-electron chi connectivity index (χ0n) is 5.82. The van der Waals surface area contributed by atoms with Gasteiger partial charge in [0.1, 0.15) is 6.29 Å². The van der Waals surface area contributed by atoms with Crippen LogP contribution in [0.25, 0.3) is 0 Å². The Morgan fingerprint density at radius 2 is 2.30 bits per heavy atom. The molecule has 10 heavy (non-hydrogen) atoms. The molecule has 52 valence electrons. The van der Waals surface area contributed by atoms with E-state index in [1.165, 1.54) is 0 Å². The average molecular weight is 135 g/mol. The van der Waals surface area contributed by atoms with Crippen LogP contribution in [0, 0.1) is 5.41 Å².